The van der Waals surface area contributed by atoms with Gasteiger partial charge in [0.1, 0.15) is 0 Å². The lowest BCUT2D eigenvalue weighted by molar-refractivity contribution is 0.431. The summed E-state index contributed by atoms with van der Waals surface area (Å²) in [6, 6.07) is 17.3. The molecule has 4 rings (SSSR count). The topological polar surface area (TPSA) is 103 Å². The van der Waals surface area contributed by atoms with Gasteiger partial charge in [0.05, 0.1) is 0 Å². The molecule has 0 saturated carbocycles. The van der Waals surface area contributed by atoms with Crippen molar-refractivity contribution in [1.82, 2.24) is 15.1 Å². The molecule has 0 aliphatic heterocycles. The van der Waals surface area contributed by atoms with Crippen molar-refractivity contribution in [3.63, 3.8) is 0 Å². The van der Waals surface area contributed by atoms with E-state index in [0.29, 0.717) is 17.4 Å². The molecule has 0 spiro atoms. The molecule has 2 heterocycles. The van der Waals surface area contributed by atoms with Crippen molar-refractivity contribution in [2.24, 2.45) is 5.84 Å². The van der Waals surface area contributed by atoms with Crippen LogP contribution in [0.5, 0.6) is 0 Å². The molecule has 0 amide bonds. The lowest BCUT2D eigenvalue weighted by atomic mass is 10.1. The minimum atomic E-state index is 0.231. The first-order valence-electron chi connectivity index (χ1n) is 7.68. The third kappa shape index (κ3) is 2.88. The zero-order chi connectivity index (χ0) is 17.2. The first-order chi connectivity index (χ1) is 12.2. The van der Waals surface area contributed by atoms with Crippen LogP contribution in [-0.2, 0) is 0 Å². The summed E-state index contributed by atoms with van der Waals surface area (Å²) in [5, 5.41) is 4.01. The molecule has 7 heteroatoms. The minimum Gasteiger partial charge on any atom is -0.418 e. The van der Waals surface area contributed by atoms with Gasteiger partial charge in [0.25, 0.3) is 5.89 Å². The number of hydrogen-bond donors (Lipinski definition) is 2. The van der Waals surface area contributed by atoms with Crippen LogP contribution in [0, 0.1) is 6.92 Å². The number of nitrogens with two attached hydrogens (primary N) is 1. The van der Waals surface area contributed by atoms with Crippen LogP contribution < -0.4 is 11.3 Å². The van der Waals surface area contributed by atoms with Gasteiger partial charge in [-0.15, -0.1) is 0 Å². The summed E-state index contributed by atoms with van der Waals surface area (Å²) in [4.78, 5) is 8.84. The number of nitrogens with one attached hydrogen (secondary N) is 1. The highest BCUT2D eigenvalue weighted by Crippen LogP contribution is 2.32. The van der Waals surface area contributed by atoms with Gasteiger partial charge in [-0.3, -0.25) is 5.43 Å². The molecular formula is C18H15N5O2. The van der Waals surface area contributed by atoms with Crippen molar-refractivity contribution in [1.29, 1.82) is 0 Å². The Balaban J connectivity index is 1.72. The minimum absolute atomic E-state index is 0.231. The van der Waals surface area contributed by atoms with Crippen molar-refractivity contribution >= 4 is 5.88 Å². The molecular weight excluding hydrogens is 318 g/mol. The zero-order valence-corrected chi connectivity index (χ0v) is 13.4. The summed E-state index contributed by atoms with van der Waals surface area (Å²) in [7, 11) is 0. The number of benzene rings is 2. The van der Waals surface area contributed by atoms with Gasteiger partial charge in [-0.2, -0.15) is 4.98 Å². The Morgan fingerprint density at radius 2 is 1.64 bits per heavy atom. The number of rotatable bonds is 4. The van der Waals surface area contributed by atoms with Gasteiger partial charge < -0.3 is 8.94 Å². The quantitative estimate of drug-likeness (QED) is 0.434. The maximum absolute atomic E-state index is 5.66. The third-order valence-electron chi connectivity index (χ3n) is 3.72. The molecule has 4 aromatic rings. The number of hydrogen-bond acceptors (Lipinski definition) is 7. The Morgan fingerprint density at radius 1 is 0.880 bits per heavy atom. The van der Waals surface area contributed by atoms with Crippen LogP contribution in [0.1, 0.15) is 5.56 Å². The van der Waals surface area contributed by atoms with Crippen LogP contribution in [0.3, 0.4) is 0 Å². The summed E-state index contributed by atoms with van der Waals surface area (Å²) in [6.07, 6.45) is 0. The van der Waals surface area contributed by atoms with Crippen molar-refractivity contribution < 1.29 is 8.94 Å². The van der Waals surface area contributed by atoms with Crippen LogP contribution in [0.2, 0.25) is 0 Å². The van der Waals surface area contributed by atoms with E-state index in [0.717, 1.165) is 16.7 Å². The molecule has 25 heavy (non-hydrogen) atoms. The van der Waals surface area contributed by atoms with Gasteiger partial charge in [0, 0.05) is 11.1 Å². The monoisotopic (exact) mass is 333 g/mol. The second kappa shape index (κ2) is 6.21. The highest BCUT2D eigenvalue weighted by Gasteiger charge is 2.21. The lowest BCUT2D eigenvalue weighted by Gasteiger charge is -1.94. The molecule has 2 aromatic heterocycles. The molecule has 0 fully saturated rings. The third-order valence-corrected chi connectivity index (χ3v) is 3.72. The number of hydrazine groups is 1. The van der Waals surface area contributed by atoms with E-state index in [1.807, 2.05) is 61.5 Å². The van der Waals surface area contributed by atoms with E-state index in [-0.39, 0.29) is 11.8 Å². The van der Waals surface area contributed by atoms with Crippen molar-refractivity contribution in [2.75, 3.05) is 5.43 Å². The van der Waals surface area contributed by atoms with E-state index in [4.69, 9.17) is 14.8 Å². The molecule has 2 aromatic carbocycles. The maximum atomic E-state index is 5.66. The van der Waals surface area contributed by atoms with Crippen LogP contribution in [0.15, 0.2) is 63.5 Å². The molecule has 0 aliphatic carbocycles. The number of oxazole rings is 1. The van der Waals surface area contributed by atoms with Gasteiger partial charge in [0.15, 0.2) is 5.69 Å². The second-order valence-corrected chi connectivity index (χ2v) is 5.50. The summed E-state index contributed by atoms with van der Waals surface area (Å²) in [5.41, 5.74) is 5.69. The number of aromatic nitrogens is 3. The normalized spacial score (nSPS) is 10.8. The van der Waals surface area contributed by atoms with Gasteiger partial charge in [-0.1, -0.05) is 53.2 Å². The lowest BCUT2D eigenvalue weighted by Crippen LogP contribution is -2.06. The molecule has 0 unspecified atom stereocenters. The Bertz CT molecular complexity index is 990. The summed E-state index contributed by atoms with van der Waals surface area (Å²) < 4.78 is 11.0. The Labute approximate surface area is 143 Å². The number of nitrogens with zero attached hydrogens (tertiary/aromatic N) is 3. The molecule has 0 aliphatic rings. The van der Waals surface area contributed by atoms with E-state index in [1.54, 1.807) is 0 Å². The first kappa shape index (κ1) is 15.1. The molecule has 0 saturated heterocycles. The largest absolute Gasteiger partial charge is 0.418 e. The van der Waals surface area contributed by atoms with E-state index < -0.39 is 0 Å². The molecule has 3 N–H and O–H groups in total. The summed E-state index contributed by atoms with van der Waals surface area (Å²) in [5.74, 6) is 6.92. The fourth-order valence-corrected chi connectivity index (χ4v) is 2.41. The summed E-state index contributed by atoms with van der Waals surface area (Å²) >= 11 is 0. The van der Waals surface area contributed by atoms with E-state index in [2.05, 4.69) is 20.6 Å². The van der Waals surface area contributed by atoms with Crippen molar-refractivity contribution in [3.8, 4) is 34.4 Å². The Kier molecular flexibility index (Phi) is 3.75. The molecule has 124 valence electrons. The van der Waals surface area contributed by atoms with Crippen molar-refractivity contribution in [2.45, 2.75) is 6.92 Å². The SMILES string of the molecule is Cc1ccc(-c2noc(-c3nc(-c4ccccc4)oc3NN)n2)cc1. The average Bonchev–Trinajstić information content (AvgIpc) is 3.30. The van der Waals surface area contributed by atoms with Crippen LogP contribution >= 0.6 is 0 Å². The van der Waals surface area contributed by atoms with Gasteiger partial charge >= 0.3 is 0 Å². The number of aryl methyl sites for hydroxylation is 1. The van der Waals surface area contributed by atoms with Gasteiger partial charge in [-0.05, 0) is 19.1 Å². The summed E-state index contributed by atoms with van der Waals surface area (Å²) in [6.45, 7) is 2.02. The van der Waals surface area contributed by atoms with E-state index in [9.17, 15) is 0 Å². The van der Waals surface area contributed by atoms with Crippen LogP contribution in [0.25, 0.3) is 34.4 Å². The second-order valence-electron chi connectivity index (χ2n) is 5.50. The first-order valence-corrected chi connectivity index (χ1v) is 7.68. The van der Waals surface area contributed by atoms with Crippen molar-refractivity contribution in [3.05, 3.63) is 60.2 Å². The molecule has 0 radical (unpaired) electrons. The standard InChI is InChI=1S/C18H15N5O2/c1-11-7-9-12(10-8-11)15-21-17(25-23-15)14-18(22-19)24-16(20-14)13-5-3-2-4-6-13/h2-10,22H,19H2,1H3. The zero-order valence-electron chi connectivity index (χ0n) is 13.4. The van der Waals surface area contributed by atoms with Crippen LogP contribution in [0.4, 0.5) is 5.88 Å². The number of anilines is 1. The molecule has 7 nitrogen and oxygen atoms in total. The fourth-order valence-electron chi connectivity index (χ4n) is 2.41. The van der Waals surface area contributed by atoms with E-state index >= 15 is 0 Å². The highest BCUT2D eigenvalue weighted by molar-refractivity contribution is 5.69. The average molecular weight is 333 g/mol. The number of nitrogen functional groups attached to an aromatic ring is 1. The predicted octanol–water partition coefficient (Wildman–Crippen LogP) is 3.65. The smallest absolute Gasteiger partial charge is 0.282 e. The van der Waals surface area contributed by atoms with Gasteiger partial charge in [0.2, 0.25) is 17.6 Å². The maximum Gasteiger partial charge on any atom is 0.282 e. The molecule has 0 bridgehead atoms. The molecule has 0 atom stereocenters. The Hall–Kier alpha value is -3.45. The van der Waals surface area contributed by atoms with E-state index in [1.165, 1.54) is 0 Å². The van der Waals surface area contributed by atoms with Gasteiger partial charge in [-0.25, -0.2) is 10.8 Å². The Morgan fingerprint density at radius 3 is 2.36 bits per heavy atom. The van der Waals surface area contributed by atoms with Crippen LogP contribution in [-0.4, -0.2) is 15.1 Å². The predicted molar refractivity (Wildman–Crippen MR) is 93.2 cm³/mol. The fraction of sp³-hybridized carbons (Fsp3) is 0.0556. The highest BCUT2D eigenvalue weighted by atomic mass is 16.5.